The SMILES string of the molecule is CNCC1(CO)SCc2ccccc21.Cl. The summed E-state index contributed by atoms with van der Waals surface area (Å²) in [6.07, 6.45) is 0. The topological polar surface area (TPSA) is 32.3 Å². The van der Waals surface area contributed by atoms with Crippen LogP contribution in [0.3, 0.4) is 0 Å². The Kier molecular flexibility index (Phi) is 4.46. The van der Waals surface area contributed by atoms with Gasteiger partial charge in [0.05, 0.1) is 11.4 Å². The number of rotatable bonds is 3. The lowest BCUT2D eigenvalue weighted by Gasteiger charge is -2.26. The fraction of sp³-hybridized carbons (Fsp3) is 0.455. The van der Waals surface area contributed by atoms with Crippen LogP contribution in [0.15, 0.2) is 24.3 Å². The van der Waals surface area contributed by atoms with E-state index in [9.17, 15) is 5.11 Å². The third kappa shape index (κ3) is 2.16. The molecule has 1 unspecified atom stereocenters. The monoisotopic (exact) mass is 245 g/mol. The van der Waals surface area contributed by atoms with Gasteiger partial charge in [0.2, 0.25) is 0 Å². The second-order valence-electron chi connectivity index (χ2n) is 3.63. The first-order valence-corrected chi connectivity index (χ1v) is 5.79. The van der Waals surface area contributed by atoms with Crippen LogP contribution < -0.4 is 5.32 Å². The van der Waals surface area contributed by atoms with Crippen molar-refractivity contribution in [1.29, 1.82) is 0 Å². The minimum Gasteiger partial charge on any atom is -0.395 e. The summed E-state index contributed by atoms with van der Waals surface area (Å²) in [4.78, 5) is 0. The summed E-state index contributed by atoms with van der Waals surface area (Å²) in [6, 6.07) is 8.38. The summed E-state index contributed by atoms with van der Waals surface area (Å²) in [5.74, 6) is 1.01. The smallest absolute Gasteiger partial charge is 0.0768 e. The van der Waals surface area contributed by atoms with Crippen LogP contribution in [-0.2, 0) is 10.5 Å². The molecule has 0 bridgehead atoms. The van der Waals surface area contributed by atoms with Crippen LogP contribution in [0.25, 0.3) is 0 Å². The maximum Gasteiger partial charge on any atom is 0.0768 e. The molecule has 0 aromatic heterocycles. The van der Waals surface area contributed by atoms with Crippen LogP contribution in [0.4, 0.5) is 0 Å². The van der Waals surface area contributed by atoms with E-state index in [4.69, 9.17) is 0 Å². The first-order chi connectivity index (χ1) is 6.82. The lowest BCUT2D eigenvalue weighted by atomic mass is 9.95. The molecule has 1 aliphatic rings. The first kappa shape index (κ1) is 12.8. The minimum atomic E-state index is -0.120. The van der Waals surface area contributed by atoms with E-state index in [0.29, 0.717) is 0 Å². The van der Waals surface area contributed by atoms with Crippen LogP contribution >= 0.6 is 24.2 Å². The molecule has 15 heavy (non-hydrogen) atoms. The van der Waals surface area contributed by atoms with Gasteiger partial charge in [-0.25, -0.2) is 0 Å². The largest absolute Gasteiger partial charge is 0.395 e. The van der Waals surface area contributed by atoms with Crippen LogP contribution in [0.1, 0.15) is 11.1 Å². The van der Waals surface area contributed by atoms with Crippen molar-refractivity contribution in [3.05, 3.63) is 35.4 Å². The molecular weight excluding hydrogens is 230 g/mol. The highest BCUT2D eigenvalue weighted by atomic mass is 35.5. The predicted octanol–water partition coefficient (Wildman–Crippen LogP) is 1.76. The zero-order valence-electron chi connectivity index (χ0n) is 8.69. The van der Waals surface area contributed by atoms with E-state index in [1.165, 1.54) is 11.1 Å². The summed E-state index contributed by atoms with van der Waals surface area (Å²) in [5, 5.41) is 12.7. The van der Waals surface area contributed by atoms with Crippen molar-refractivity contribution >= 4 is 24.2 Å². The number of hydrogen-bond donors (Lipinski definition) is 2. The number of hydrogen-bond acceptors (Lipinski definition) is 3. The van der Waals surface area contributed by atoms with Crippen LogP contribution in [0.2, 0.25) is 0 Å². The Balaban J connectivity index is 0.00000112. The molecule has 0 saturated carbocycles. The van der Waals surface area contributed by atoms with E-state index in [-0.39, 0.29) is 23.8 Å². The zero-order valence-corrected chi connectivity index (χ0v) is 10.3. The van der Waals surface area contributed by atoms with Gasteiger partial charge in [-0.1, -0.05) is 24.3 Å². The Hall–Kier alpha value is -0.220. The van der Waals surface area contributed by atoms with Gasteiger partial charge in [-0.15, -0.1) is 24.2 Å². The highest BCUT2D eigenvalue weighted by Crippen LogP contribution is 2.46. The zero-order chi connectivity index (χ0) is 10.0. The molecule has 2 nitrogen and oxygen atoms in total. The standard InChI is InChI=1S/C11H15NOS.ClH/c1-12-7-11(8-13)10-5-3-2-4-9(10)6-14-11;/h2-5,12-13H,6-8H2,1H3;1H. The van der Waals surface area contributed by atoms with Crippen molar-refractivity contribution in [3.63, 3.8) is 0 Å². The number of benzene rings is 1. The fourth-order valence-corrected chi connectivity index (χ4v) is 3.38. The van der Waals surface area contributed by atoms with Gasteiger partial charge in [0.25, 0.3) is 0 Å². The van der Waals surface area contributed by atoms with Gasteiger partial charge in [0, 0.05) is 12.3 Å². The average Bonchev–Trinajstić information content (AvgIpc) is 2.59. The number of fused-ring (bicyclic) bond motifs is 1. The second kappa shape index (κ2) is 5.21. The maximum absolute atomic E-state index is 9.53. The Morgan fingerprint density at radius 2 is 2.20 bits per heavy atom. The molecule has 1 aromatic rings. The molecule has 2 N–H and O–H groups in total. The number of aliphatic hydroxyl groups is 1. The fourth-order valence-electron chi connectivity index (χ4n) is 2.00. The molecule has 0 spiro atoms. The number of halogens is 1. The molecule has 4 heteroatoms. The number of likely N-dealkylation sites (N-methyl/N-ethyl adjacent to an activating group) is 1. The van der Waals surface area contributed by atoms with Crippen molar-refractivity contribution in [2.45, 2.75) is 10.5 Å². The van der Waals surface area contributed by atoms with E-state index in [1.807, 2.05) is 24.9 Å². The van der Waals surface area contributed by atoms with Crippen LogP contribution in [0, 0.1) is 0 Å². The normalized spacial score (nSPS) is 23.3. The summed E-state index contributed by atoms with van der Waals surface area (Å²) < 4.78 is -0.120. The average molecular weight is 246 g/mol. The van der Waals surface area contributed by atoms with Gasteiger partial charge in [0.15, 0.2) is 0 Å². The van der Waals surface area contributed by atoms with E-state index >= 15 is 0 Å². The van der Waals surface area contributed by atoms with Gasteiger partial charge >= 0.3 is 0 Å². The Labute approximate surface area is 101 Å². The lowest BCUT2D eigenvalue weighted by molar-refractivity contribution is 0.248. The van der Waals surface area contributed by atoms with Gasteiger partial charge in [-0.2, -0.15) is 0 Å². The second-order valence-corrected chi connectivity index (χ2v) is 4.99. The molecule has 1 atom stereocenters. The highest BCUT2D eigenvalue weighted by molar-refractivity contribution is 7.99. The molecule has 1 aromatic carbocycles. The number of aliphatic hydroxyl groups excluding tert-OH is 1. The van der Waals surface area contributed by atoms with E-state index in [0.717, 1.165) is 12.3 Å². The Bertz CT molecular complexity index is 330. The molecule has 0 aliphatic carbocycles. The van der Waals surface area contributed by atoms with Gasteiger partial charge in [0.1, 0.15) is 0 Å². The third-order valence-corrected chi connectivity index (χ3v) is 4.23. The molecular formula is C11H16ClNOS. The minimum absolute atomic E-state index is 0. The molecule has 1 aliphatic heterocycles. The summed E-state index contributed by atoms with van der Waals surface area (Å²) >= 11 is 1.83. The molecule has 0 amide bonds. The maximum atomic E-state index is 9.53. The predicted molar refractivity (Wildman–Crippen MR) is 67.7 cm³/mol. The molecule has 0 saturated heterocycles. The molecule has 0 radical (unpaired) electrons. The van der Waals surface area contributed by atoms with Crippen molar-refractivity contribution in [3.8, 4) is 0 Å². The third-order valence-electron chi connectivity index (χ3n) is 2.73. The van der Waals surface area contributed by atoms with Crippen molar-refractivity contribution < 1.29 is 5.11 Å². The van der Waals surface area contributed by atoms with Crippen molar-refractivity contribution in [2.75, 3.05) is 20.2 Å². The Morgan fingerprint density at radius 3 is 2.87 bits per heavy atom. The lowest BCUT2D eigenvalue weighted by Crippen LogP contribution is -2.35. The van der Waals surface area contributed by atoms with E-state index < -0.39 is 0 Å². The molecule has 84 valence electrons. The van der Waals surface area contributed by atoms with Gasteiger partial charge < -0.3 is 10.4 Å². The van der Waals surface area contributed by atoms with Crippen LogP contribution in [0.5, 0.6) is 0 Å². The van der Waals surface area contributed by atoms with Crippen LogP contribution in [-0.4, -0.2) is 25.3 Å². The summed E-state index contributed by atoms with van der Waals surface area (Å²) in [5.41, 5.74) is 2.66. The number of thioether (sulfide) groups is 1. The summed E-state index contributed by atoms with van der Waals surface area (Å²) in [6.45, 7) is 1.03. The van der Waals surface area contributed by atoms with E-state index in [1.54, 1.807) is 0 Å². The van der Waals surface area contributed by atoms with Crippen molar-refractivity contribution in [2.24, 2.45) is 0 Å². The molecule has 1 heterocycles. The van der Waals surface area contributed by atoms with Crippen molar-refractivity contribution in [1.82, 2.24) is 5.32 Å². The number of nitrogens with one attached hydrogen (secondary N) is 1. The molecule has 0 fully saturated rings. The molecule has 2 rings (SSSR count). The highest BCUT2D eigenvalue weighted by Gasteiger charge is 2.38. The first-order valence-electron chi connectivity index (χ1n) is 4.80. The van der Waals surface area contributed by atoms with Gasteiger partial charge in [-0.3, -0.25) is 0 Å². The Morgan fingerprint density at radius 1 is 1.47 bits per heavy atom. The van der Waals surface area contributed by atoms with E-state index in [2.05, 4.69) is 23.5 Å². The summed E-state index contributed by atoms with van der Waals surface area (Å²) in [7, 11) is 1.93. The van der Waals surface area contributed by atoms with Gasteiger partial charge in [-0.05, 0) is 18.2 Å². The quantitative estimate of drug-likeness (QED) is 0.851.